The minimum atomic E-state index is -0.0160. The van der Waals surface area contributed by atoms with E-state index in [0.717, 1.165) is 53.1 Å². The van der Waals surface area contributed by atoms with Gasteiger partial charge in [0.1, 0.15) is 22.4 Å². The van der Waals surface area contributed by atoms with Crippen LogP contribution in [0.3, 0.4) is 0 Å². The van der Waals surface area contributed by atoms with E-state index in [4.69, 9.17) is 22.1 Å². The lowest BCUT2D eigenvalue weighted by Crippen LogP contribution is -2.33. The summed E-state index contributed by atoms with van der Waals surface area (Å²) in [6.45, 7) is 11.3. The third-order valence-electron chi connectivity index (χ3n) is 6.71. The van der Waals surface area contributed by atoms with Crippen LogP contribution in [0.4, 0.5) is 0 Å². The van der Waals surface area contributed by atoms with Crippen molar-refractivity contribution in [2.75, 3.05) is 13.2 Å². The van der Waals surface area contributed by atoms with Crippen LogP contribution in [0.5, 0.6) is 5.75 Å². The summed E-state index contributed by atoms with van der Waals surface area (Å²) >= 11 is 7.03. The number of carbonyl (C=O) groups excluding carboxylic acids is 1. The molecule has 0 spiro atoms. The van der Waals surface area contributed by atoms with Crippen molar-refractivity contribution < 1.29 is 9.53 Å². The number of unbranched alkanes of at least 4 members (excludes halogenated alkanes) is 1. The first kappa shape index (κ1) is 27.9. The molecule has 5 nitrogen and oxygen atoms in total. The van der Waals surface area contributed by atoms with Crippen molar-refractivity contribution in [3.05, 3.63) is 83.4 Å². The van der Waals surface area contributed by atoms with Gasteiger partial charge in [-0.3, -0.25) is 9.69 Å². The van der Waals surface area contributed by atoms with Crippen molar-refractivity contribution in [3.8, 4) is 22.7 Å². The number of carbonyl (C=O) groups is 1. The van der Waals surface area contributed by atoms with Gasteiger partial charge in [-0.05, 0) is 61.2 Å². The predicted molar refractivity (Wildman–Crippen MR) is 163 cm³/mol. The Kier molecular flexibility index (Phi) is 9.58. The molecule has 198 valence electrons. The molecule has 1 aromatic heterocycles. The number of hydrogen-bond donors (Lipinski definition) is 0. The highest BCUT2D eigenvalue weighted by Gasteiger charge is 2.33. The number of amides is 1. The summed E-state index contributed by atoms with van der Waals surface area (Å²) in [4.78, 5) is 15.9. The van der Waals surface area contributed by atoms with E-state index in [1.165, 1.54) is 18.2 Å². The molecule has 0 saturated carbocycles. The van der Waals surface area contributed by atoms with Crippen LogP contribution < -0.4 is 4.74 Å². The molecule has 4 rings (SSSR count). The zero-order valence-corrected chi connectivity index (χ0v) is 24.0. The van der Waals surface area contributed by atoms with E-state index in [9.17, 15) is 4.79 Å². The highest BCUT2D eigenvalue weighted by Crippen LogP contribution is 2.36. The number of thioether (sulfide) groups is 1. The summed E-state index contributed by atoms with van der Waals surface area (Å²) in [6, 6.07) is 16.0. The van der Waals surface area contributed by atoms with Crippen molar-refractivity contribution in [2.45, 2.75) is 46.5 Å². The van der Waals surface area contributed by atoms with Gasteiger partial charge in [-0.1, -0.05) is 87.9 Å². The third kappa shape index (κ3) is 6.45. The Morgan fingerprint density at radius 2 is 1.97 bits per heavy atom. The van der Waals surface area contributed by atoms with Gasteiger partial charge in [0.15, 0.2) is 0 Å². The van der Waals surface area contributed by atoms with Crippen LogP contribution in [0.1, 0.15) is 50.7 Å². The zero-order valence-electron chi connectivity index (χ0n) is 22.4. The normalized spacial score (nSPS) is 15.3. The molecule has 0 N–H and O–H groups in total. The Labute approximate surface area is 235 Å². The van der Waals surface area contributed by atoms with Crippen molar-refractivity contribution >= 4 is 40.3 Å². The smallest absolute Gasteiger partial charge is 0.266 e. The summed E-state index contributed by atoms with van der Waals surface area (Å²) in [7, 11) is 0. The van der Waals surface area contributed by atoms with Crippen molar-refractivity contribution in [1.82, 2.24) is 14.7 Å². The molecule has 1 amide bonds. The van der Waals surface area contributed by atoms with E-state index in [1.807, 2.05) is 66.3 Å². The topological polar surface area (TPSA) is 47.4 Å². The number of nitrogens with zero attached hydrogens (tertiary/aromatic N) is 3. The molecule has 1 aliphatic heterocycles. The number of rotatable bonds is 12. The molecule has 0 bridgehead atoms. The molecule has 3 aromatic rings. The first-order chi connectivity index (χ1) is 18.4. The zero-order chi connectivity index (χ0) is 27.1. The molecule has 1 aliphatic rings. The van der Waals surface area contributed by atoms with Gasteiger partial charge in [0.2, 0.25) is 0 Å². The molecule has 1 fully saturated rings. The number of aryl methyl sites for hydroxylation is 1. The van der Waals surface area contributed by atoms with E-state index in [2.05, 4.69) is 26.5 Å². The van der Waals surface area contributed by atoms with Crippen LogP contribution in [0.25, 0.3) is 23.0 Å². The lowest BCUT2D eigenvalue weighted by atomic mass is 9.99. The maximum Gasteiger partial charge on any atom is 0.266 e. The number of benzene rings is 2. The van der Waals surface area contributed by atoms with E-state index >= 15 is 0 Å². The van der Waals surface area contributed by atoms with Gasteiger partial charge in [-0.25, -0.2) is 4.68 Å². The second kappa shape index (κ2) is 13.1. The Morgan fingerprint density at radius 1 is 1.18 bits per heavy atom. The lowest BCUT2D eigenvalue weighted by molar-refractivity contribution is -0.122. The minimum Gasteiger partial charge on any atom is -0.489 e. The van der Waals surface area contributed by atoms with E-state index in [-0.39, 0.29) is 5.91 Å². The van der Waals surface area contributed by atoms with E-state index in [0.29, 0.717) is 28.3 Å². The summed E-state index contributed by atoms with van der Waals surface area (Å²) in [5.74, 6) is 1.25. The van der Waals surface area contributed by atoms with Gasteiger partial charge in [0.05, 0.1) is 10.6 Å². The van der Waals surface area contributed by atoms with Crippen molar-refractivity contribution in [3.63, 3.8) is 0 Å². The fourth-order valence-electron chi connectivity index (χ4n) is 4.51. The Hall–Kier alpha value is -3.16. The predicted octanol–water partition coefficient (Wildman–Crippen LogP) is 7.83. The maximum absolute atomic E-state index is 13.5. The fraction of sp³-hybridized carbons (Fsp3) is 0.323. The SMILES string of the molecule is C=CCOc1ccc(-c2nn(-c3ccccc3)cc2/C=C2\SC(=S)N(C[C@H](CC)CCCC)C2=O)cc1C. The van der Waals surface area contributed by atoms with Crippen LogP contribution in [0.15, 0.2) is 72.3 Å². The molecule has 38 heavy (non-hydrogen) atoms. The quantitative estimate of drug-likeness (QED) is 0.132. The highest BCUT2D eigenvalue weighted by atomic mass is 32.2. The second-order valence-corrected chi connectivity index (χ2v) is 11.2. The number of hydrogen-bond acceptors (Lipinski definition) is 5. The van der Waals surface area contributed by atoms with Crippen molar-refractivity contribution in [1.29, 1.82) is 0 Å². The summed E-state index contributed by atoms with van der Waals surface area (Å²) in [6.07, 6.45) is 10.1. The summed E-state index contributed by atoms with van der Waals surface area (Å²) < 4.78 is 8.26. The van der Waals surface area contributed by atoms with Crippen LogP contribution in [0, 0.1) is 12.8 Å². The van der Waals surface area contributed by atoms with Gasteiger partial charge in [-0.15, -0.1) is 0 Å². The van der Waals surface area contributed by atoms with Crippen LogP contribution >= 0.6 is 24.0 Å². The van der Waals surface area contributed by atoms with Crippen molar-refractivity contribution in [2.24, 2.45) is 5.92 Å². The molecule has 2 heterocycles. The summed E-state index contributed by atoms with van der Waals surface area (Å²) in [5, 5.41) is 4.93. The van der Waals surface area contributed by atoms with Gasteiger partial charge in [0, 0.05) is 23.9 Å². The van der Waals surface area contributed by atoms with Gasteiger partial charge in [0.25, 0.3) is 5.91 Å². The standard InChI is InChI=1S/C31H35N3O2S2/c1-5-8-12-23(7-3)20-33-30(35)28(38-31(33)37)19-25-21-34(26-13-10-9-11-14-26)32-29(25)24-15-16-27(22(4)18-24)36-17-6-2/h6,9-11,13-16,18-19,21,23H,2,5,7-8,12,17,20H2,1,3-4H3/b28-19-/t23-/m1/s1. The van der Waals surface area contributed by atoms with Gasteiger partial charge < -0.3 is 4.74 Å². The molecule has 1 saturated heterocycles. The lowest BCUT2D eigenvalue weighted by Gasteiger charge is -2.21. The Bertz CT molecular complexity index is 1330. The Balaban J connectivity index is 1.69. The van der Waals surface area contributed by atoms with Crippen LogP contribution in [0.2, 0.25) is 0 Å². The molecule has 7 heteroatoms. The van der Waals surface area contributed by atoms with E-state index in [1.54, 1.807) is 11.0 Å². The second-order valence-electron chi connectivity index (χ2n) is 9.50. The summed E-state index contributed by atoms with van der Waals surface area (Å²) in [5.41, 5.74) is 4.58. The number of para-hydroxylation sites is 1. The molecular weight excluding hydrogens is 510 g/mol. The molecule has 2 aromatic carbocycles. The fourth-order valence-corrected chi connectivity index (χ4v) is 5.78. The first-order valence-electron chi connectivity index (χ1n) is 13.2. The third-order valence-corrected chi connectivity index (χ3v) is 8.09. The van der Waals surface area contributed by atoms with Gasteiger partial charge >= 0.3 is 0 Å². The van der Waals surface area contributed by atoms with Crippen LogP contribution in [-0.4, -0.2) is 38.1 Å². The number of aromatic nitrogens is 2. The number of thiocarbonyl (C=S) groups is 1. The van der Waals surface area contributed by atoms with Gasteiger partial charge in [-0.2, -0.15) is 5.10 Å². The van der Waals surface area contributed by atoms with E-state index < -0.39 is 0 Å². The molecular formula is C31H35N3O2S2. The molecule has 0 radical (unpaired) electrons. The monoisotopic (exact) mass is 545 g/mol. The minimum absolute atomic E-state index is 0.0160. The molecule has 1 atom stereocenters. The Morgan fingerprint density at radius 3 is 2.66 bits per heavy atom. The molecule has 0 unspecified atom stereocenters. The average Bonchev–Trinajstić information content (AvgIpc) is 3.46. The first-order valence-corrected chi connectivity index (χ1v) is 14.4. The van der Waals surface area contributed by atoms with Crippen LogP contribution in [-0.2, 0) is 4.79 Å². The molecule has 0 aliphatic carbocycles. The maximum atomic E-state index is 13.5. The number of ether oxygens (including phenoxy) is 1. The average molecular weight is 546 g/mol. The largest absolute Gasteiger partial charge is 0.489 e. The highest BCUT2D eigenvalue weighted by molar-refractivity contribution is 8.26.